The molecule has 0 amide bonds. The number of rotatable bonds is 3. The SMILES string of the molecule is O=C(O)C1(c2ccc(N3CCOCC3)cc2)CCCCC1. The van der Waals surface area contributed by atoms with Crippen LogP contribution in [0.15, 0.2) is 24.3 Å². The maximum absolute atomic E-state index is 11.8. The second kappa shape index (κ2) is 6.06. The van der Waals surface area contributed by atoms with Crippen molar-refractivity contribution in [2.45, 2.75) is 37.5 Å². The molecule has 2 fully saturated rings. The van der Waals surface area contributed by atoms with Gasteiger partial charge >= 0.3 is 5.97 Å². The minimum absolute atomic E-state index is 0.665. The predicted octanol–water partition coefficient (Wildman–Crippen LogP) is 2.81. The number of morpholine rings is 1. The average Bonchev–Trinajstić information content (AvgIpc) is 2.56. The molecule has 1 aliphatic carbocycles. The Kier molecular flexibility index (Phi) is 4.15. The summed E-state index contributed by atoms with van der Waals surface area (Å²) in [5.74, 6) is -0.665. The third-order valence-electron chi connectivity index (χ3n) is 4.91. The fourth-order valence-corrected chi connectivity index (χ4v) is 3.59. The molecule has 1 saturated carbocycles. The fraction of sp³-hybridized carbons (Fsp3) is 0.588. The molecule has 1 aromatic carbocycles. The van der Waals surface area contributed by atoms with Crippen molar-refractivity contribution in [2.75, 3.05) is 31.2 Å². The van der Waals surface area contributed by atoms with Gasteiger partial charge in [0.25, 0.3) is 0 Å². The Morgan fingerprint density at radius 2 is 1.67 bits per heavy atom. The van der Waals surface area contributed by atoms with E-state index in [0.29, 0.717) is 0 Å². The quantitative estimate of drug-likeness (QED) is 0.929. The van der Waals surface area contributed by atoms with Gasteiger partial charge in [-0.1, -0.05) is 31.4 Å². The van der Waals surface area contributed by atoms with E-state index in [2.05, 4.69) is 17.0 Å². The molecular formula is C17H23NO3. The Bertz CT molecular complexity index is 485. The van der Waals surface area contributed by atoms with Crippen molar-refractivity contribution in [1.82, 2.24) is 0 Å². The van der Waals surface area contributed by atoms with Gasteiger partial charge in [0, 0.05) is 18.8 Å². The van der Waals surface area contributed by atoms with E-state index in [-0.39, 0.29) is 0 Å². The Labute approximate surface area is 125 Å². The van der Waals surface area contributed by atoms with Crippen LogP contribution in [0.5, 0.6) is 0 Å². The first-order valence-corrected chi connectivity index (χ1v) is 7.89. The Balaban J connectivity index is 1.83. The van der Waals surface area contributed by atoms with Gasteiger partial charge in [-0.15, -0.1) is 0 Å². The summed E-state index contributed by atoms with van der Waals surface area (Å²) in [6, 6.07) is 8.17. The summed E-state index contributed by atoms with van der Waals surface area (Å²) in [4.78, 5) is 14.1. The zero-order valence-corrected chi connectivity index (χ0v) is 12.4. The molecule has 0 unspecified atom stereocenters. The van der Waals surface area contributed by atoms with Crippen molar-refractivity contribution >= 4 is 11.7 Å². The molecule has 1 N–H and O–H groups in total. The summed E-state index contributed by atoms with van der Waals surface area (Å²) in [6.07, 6.45) is 4.70. The molecule has 0 atom stereocenters. The second-order valence-electron chi connectivity index (χ2n) is 6.09. The molecule has 4 nitrogen and oxygen atoms in total. The van der Waals surface area contributed by atoms with Crippen LogP contribution in [0.1, 0.15) is 37.7 Å². The van der Waals surface area contributed by atoms with Crippen LogP contribution in [0.4, 0.5) is 5.69 Å². The molecule has 0 radical (unpaired) electrons. The number of carbonyl (C=O) groups is 1. The molecule has 0 aromatic heterocycles. The maximum atomic E-state index is 11.8. The minimum Gasteiger partial charge on any atom is -0.481 e. The van der Waals surface area contributed by atoms with Crippen molar-refractivity contribution in [1.29, 1.82) is 0 Å². The van der Waals surface area contributed by atoms with E-state index < -0.39 is 11.4 Å². The van der Waals surface area contributed by atoms with Gasteiger partial charge in [0.1, 0.15) is 0 Å². The highest BCUT2D eigenvalue weighted by Gasteiger charge is 2.41. The number of hydrogen-bond acceptors (Lipinski definition) is 3. The number of hydrogen-bond donors (Lipinski definition) is 1. The molecule has 0 bridgehead atoms. The molecule has 4 heteroatoms. The lowest BCUT2D eigenvalue weighted by Gasteiger charge is -2.34. The molecule has 114 valence electrons. The molecule has 21 heavy (non-hydrogen) atoms. The van der Waals surface area contributed by atoms with E-state index in [9.17, 15) is 9.90 Å². The third-order valence-corrected chi connectivity index (χ3v) is 4.91. The van der Waals surface area contributed by atoms with Crippen LogP contribution in [0.3, 0.4) is 0 Å². The predicted molar refractivity (Wildman–Crippen MR) is 81.9 cm³/mol. The van der Waals surface area contributed by atoms with Gasteiger partial charge in [0.05, 0.1) is 18.6 Å². The molecule has 1 heterocycles. The molecule has 1 aromatic rings. The van der Waals surface area contributed by atoms with E-state index in [1.54, 1.807) is 0 Å². The maximum Gasteiger partial charge on any atom is 0.314 e. The number of ether oxygens (including phenoxy) is 1. The lowest BCUT2D eigenvalue weighted by atomic mass is 9.69. The molecule has 3 rings (SSSR count). The largest absolute Gasteiger partial charge is 0.481 e. The van der Waals surface area contributed by atoms with E-state index in [0.717, 1.165) is 64.0 Å². The van der Waals surface area contributed by atoms with Crippen LogP contribution in [0.25, 0.3) is 0 Å². The molecule has 2 aliphatic rings. The lowest BCUT2D eigenvalue weighted by molar-refractivity contribution is -0.145. The second-order valence-corrected chi connectivity index (χ2v) is 6.09. The van der Waals surface area contributed by atoms with Crippen LogP contribution in [0, 0.1) is 0 Å². The van der Waals surface area contributed by atoms with Gasteiger partial charge in [0.2, 0.25) is 0 Å². The number of nitrogens with zero attached hydrogens (tertiary/aromatic N) is 1. The zero-order chi connectivity index (χ0) is 14.7. The number of aliphatic carboxylic acids is 1. The Hall–Kier alpha value is -1.55. The summed E-state index contributed by atoms with van der Waals surface area (Å²) in [7, 11) is 0. The highest BCUT2D eigenvalue weighted by Crippen LogP contribution is 2.40. The highest BCUT2D eigenvalue weighted by molar-refractivity contribution is 5.81. The van der Waals surface area contributed by atoms with Crippen LogP contribution in [0.2, 0.25) is 0 Å². The van der Waals surface area contributed by atoms with Crippen LogP contribution < -0.4 is 4.90 Å². The first kappa shape index (κ1) is 14.4. The number of carboxylic acid groups (broad SMARTS) is 1. The lowest BCUT2D eigenvalue weighted by Crippen LogP contribution is -2.38. The third kappa shape index (κ3) is 2.77. The van der Waals surface area contributed by atoms with Crippen LogP contribution in [-0.2, 0) is 14.9 Å². The Morgan fingerprint density at radius 3 is 2.24 bits per heavy atom. The van der Waals surface area contributed by atoms with E-state index in [4.69, 9.17) is 4.74 Å². The van der Waals surface area contributed by atoms with Gasteiger partial charge < -0.3 is 14.7 Å². The van der Waals surface area contributed by atoms with Gasteiger partial charge in [-0.3, -0.25) is 4.79 Å². The van der Waals surface area contributed by atoms with Crippen molar-refractivity contribution in [3.63, 3.8) is 0 Å². The fourth-order valence-electron chi connectivity index (χ4n) is 3.59. The van der Waals surface area contributed by atoms with Crippen molar-refractivity contribution < 1.29 is 14.6 Å². The topological polar surface area (TPSA) is 49.8 Å². The van der Waals surface area contributed by atoms with Gasteiger partial charge in [0.15, 0.2) is 0 Å². The van der Waals surface area contributed by atoms with Crippen molar-refractivity contribution in [3.05, 3.63) is 29.8 Å². The van der Waals surface area contributed by atoms with Crippen molar-refractivity contribution in [2.24, 2.45) is 0 Å². The van der Waals surface area contributed by atoms with Gasteiger partial charge in [-0.25, -0.2) is 0 Å². The van der Waals surface area contributed by atoms with Crippen molar-refractivity contribution in [3.8, 4) is 0 Å². The molecule has 1 saturated heterocycles. The van der Waals surface area contributed by atoms with Gasteiger partial charge in [-0.2, -0.15) is 0 Å². The van der Waals surface area contributed by atoms with E-state index in [1.165, 1.54) is 5.69 Å². The van der Waals surface area contributed by atoms with E-state index in [1.807, 2.05) is 12.1 Å². The summed E-state index contributed by atoms with van der Waals surface area (Å²) in [6.45, 7) is 3.34. The highest BCUT2D eigenvalue weighted by atomic mass is 16.5. The zero-order valence-electron chi connectivity index (χ0n) is 12.4. The smallest absolute Gasteiger partial charge is 0.314 e. The first-order chi connectivity index (χ1) is 10.2. The van der Waals surface area contributed by atoms with Crippen LogP contribution >= 0.6 is 0 Å². The standard InChI is InChI=1S/C17H23NO3/c19-16(20)17(8-2-1-3-9-17)14-4-6-15(7-5-14)18-10-12-21-13-11-18/h4-7H,1-3,8-13H2,(H,19,20). The normalized spacial score (nSPS) is 22.0. The first-order valence-electron chi connectivity index (χ1n) is 7.89. The molecular weight excluding hydrogens is 266 g/mol. The monoisotopic (exact) mass is 289 g/mol. The molecule has 0 spiro atoms. The number of carboxylic acids is 1. The van der Waals surface area contributed by atoms with Crippen LogP contribution in [-0.4, -0.2) is 37.4 Å². The number of anilines is 1. The Morgan fingerprint density at radius 1 is 1.05 bits per heavy atom. The van der Waals surface area contributed by atoms with E-state index >= 15 is 0 Å². The summed E-state index contributed by atoms with van der Waals surface area (Å²) < 4.78 is 5.37. The minimum atomic E-state index is -0.665. The van der Waals surface area contributed by atoms with Gasteiger partial charge in [-0.05, 0) is 30.5 Å². The molecule has 1 aliphatic heterocycles. The summed E-state index contributed by atoms with van der Waals surface area (Å²) in [5, 5.41) is 9.73. The summed E-state index contributed by atoms with van der Waals surface area (Å²) >= 11 is 0. The number of benzene rings is 1. The summed E-state index contributed by atoms with van der Waals surface area (Å²) in [5.41, 5.74) is 1.46. The average molecular weight is 289 g/mol.